The summed E-state index contributed by atoms with van der Waals surface area (Å²) in [5.41, 5.74) is 0.213. The molecule has 1 saturated heterocycles. The van der Waals surface area contributed by atoms with E-state index in [1.165, 1.54) is 7.11 Å². The average molecular weight is 320 g/mol. The van der Waals surface area contributed by atoms with Gasteiger partial charge in [-0.3, -0.25) is 9.48 Å². The van der Waals surface area contributed by atoms with Crippen molar-refractivity contribution in [1.29, 1.82) is 0 Å². The maximum absolute atomic E-state index is 12.8. The van der Waals surface area contributed by atoms with Crippen LogP contribution in [-0.4, -0.2) is 47.4 Å². The zero-order valence-electron chi connectivity index (χ0n) is 13.7. The molecule has 23 heavy (non-hydrogen) atoms. The summed E-state index contributed by atoms with van der Waals surface area (Å²) in [6.45, 7) is 1.36. The molecule has 1 aromatic rings. The molecule has 1 aliphatic carbocycles. The van der Waals surface area contributed by atoms with Gasteiger partial charge >= 0.3 is 5.97 Å². The van der Waals surface area contributed by atoms with Crippen LogP contribution in [0, 0.1) is 5.92 Å². The van der Waals surface area contributed by atoms with E-state index in [4.69, 9.17) is 4.74 Å². The third-order valence-electron chi connectivity index (χ3n) is 5.10. The normalized spacial score (nSPS) is 26.2. The molecule has 0 spiro atoms. The zero-order valence-corrected chi connectivity index (χ0v) is 13.7. The van der Waals surface area contributed by atoms with E-state index in [2.05, 4.69) is 15.7 Å². The van der Waals surface area contributed by atoms with E-state index in [1.807, 2.05) is 19.4 Å². The van der Waals surface area contributed by atoms with Gasteiger partial charge in [-0.15, -0.1) is 0 Å². The Morgan fingerprint density at radius 3 is 2.74 bits per heavy atom. The summed E-state index contributed by atoms with van der Waals surface area (Å²) in [6, 6.07) is 0. The van der Waals surface area contributed by atoms with E-state index < -0.39 is 5.54 Å². The number of nitrogens with one attached hydrogen (secondary N) is 2. The second kappa shape index (κ2) is 6.31. The number of hydrogen-bond acceptors (Lipinski definition) is 5. The molecule has 0 aromatic carbocycles. The molecular weight excluding hydrogens is 296 g/mol. The number of carbonyl (C=O) groups excluding carboxylic acids is 2. The molecule has 2 heterocycles. The number of rotatable bonds is 4. The van der Waals surface area contributed by atoms with Gasteiger partial charge in [-0.2, -0.15) is 5.10 Å². The number of aryl methyl sites for hydroxylation is 1. The zero-order chi connectivity index (χ0) is 16.4. The van der Waals surface area contributed by atoms with Gasteiger partial charge in [-0.25, -0.2) is 4.79 Å². The minimum absolute atomic E-state index is 0.0730. The summed E-state index contributed by atoms with van der Waals surface area (Å²) in [7, 11) is 3.25. The molecule has 0 bridgehead atoms. The average Bonchev–Trinajstić information content (AvgIpc) is 3.25. The van der Waals surface area contributed by atoms with Gasteiger partial charge in [0.05, 0.1) is 19.2 Å². The fourth-order valence-electron chi connectivity index (χ4n) is 3.82. The third-order valence-corrected chi connectivity index (χ3v) is 5.10. The molecule has 126 valence electrons. The first-order chi connectivity index (χ1) is 11.1. The lowest BCUT2D eigenvalue weighted by molar-refractivity contribution is -0.151. The van der Waals surface area contributed by atoms with E-state index >= 15 is 0 Å². The molecule has 1 amide bonds. The van der Waals surface area contributed by atoms with Gasteiger partial charge in [0.2, 0.25) is 5.91 Å². The van der Waals surface area contributed by atoms with Crippen molar-refractivity contribution in [1.82, 2.24) is 20.4 Å². The summed E-state index contributed by atoms with van der Waals surface area (Å²) in [4.78, 5) is 25.0. The van der Waals surface area contributed by atoms with Gasteiger partial charge < -0.3 is 15.4 Å². The molecule has 0 unspecified atom stereocenters. The number of nitrogens with zero attached hydrogens (tertiary/aromatic N) is 2. The van der Waals surface area contributed by atoms with Gasteiger partial charge in [-0.1, -0.05) is 12.8 Å². The quantitative estimate of drug-likeness (QED) is 0.781. The van der Waals surface area contributed by atoms with Gasteiger partial charge in [0, 0.05) is 32.3 Å². The van der Waals surface area contributed by atoms with Crippen LogP contribution in [0.2, 0.25) is 0 Å². The fourth-order valence-corrected chi connectivity index (χ4v) is 3.82. The smallest absolute Gasteiger partial charge is 0.331 e. The Labute approximate surface area is 135 Å². The molecule has 1 saturated carbocycles. The third kappa shape index (κ3) is 2.97. The first kappa shape index (κ1) is 16.0. The lowest BCUT2D eigenvalue weighted by Gasteiger charge is -2.29. The highest BCUT2D eigenvalue weighted by Crippen LogP contribution is 2.33. The molecule has 2 N–H and O–H groups in total. The number of aromatic nitrogens is 2. The molecule has 2 aliphatic rings. The lowest BCUT2D eigenvalue weighted by atomic mass is 9.88. The van der Waals surface area contributed by atoms with Gasteiger partial charge in [-0.05, 0) is 18.4 Å². The van der Waals surface area contributed by atoms with E-state index in [1.54, 1.807) is 4.68 Å². The minimum Gasteiger partial charge on any atom is -0.467 e. The molecule has 1 aromatic heterocycles. The second-order valence-corrected chi connectivity index (χ2v) is 6.59. The Bertz CT molecular complexity index is 592. The maximum Gasteiger partial charge on any atom is 0.331 e. The highest BCUT2D eigenvalue weighted by Gasteiger charge is 2.46. The van der Waals surface area contributed by atoms with E-state index in [9.17, 15) is 9.59 Å². The first-order valence-electron chi connectivity index (χ1n) is 8.15. The van der Waals surface area contributed by atoms with E-state index in [-0.39, 0.29) is 23.7 Å². The van der Waals surface area contributed by atoms with Crippen LogP contribution in [0.15, 0.2) is 12.4 Å². The minimum atomic E-state index is -0.839. The molecule has 2 atom stereocenters. The van der Waals surface area contributed by atoms with Crippen LogP contribution in [0.1, 0.15) is 37.2 Å². The molecule has 3 rings (SSSR count). The molecule has 7 nitrogen and oxygen atoms in total. The molecule has 2 fully saturated rings. The van der Waals surface area contributed by atoms with Crippen molar-refractivity contribution in [2.45, 2.75) is 37.1 Å². The van der Waals surface area contributed by atoms with Crippen molar-refractivity contribution < 1.29 is 14.3 Å². The molecular formula is C16H24N4O3. The van der Waals surface area contributed by atoms with Gasteiger partial charge in [0.25, 0.3) is 0 Å². The number of ether oxygens (including phenoxy) is 1. The Morgan fingerprint density at radius 2 is 2.13 bits per heavy atom. The summed E-state index contributed by atoms with van der Waals surface area (Å²) in [5, 5.41) is 10.5. The van der Waals surface area contributed by atoms with E-state index in [0.717, 1.165) is 24.9 Å². The van der Waals surface area contributed by atoms with Crippen LogP contribution in [0.3, 0.4) is 0 Å². The van der Waals surface area contributed by atoms with Crippen LogP contribution in [0.25, 0.3) is 0 Å². The highest BCUT2D eigenvalue weighted by atomic mass is 16.5. The second-order valence-electron chi connectivity index (χ2n) is 6.59. The summed E-state index contributed by atoms with van der Waals surface area (Å²) in [6.07, 6.45) is 6.94. The Hall–Kier alpha value is -1.89. The van der Waals surface area contributed by atoms with Crippen LogP contribution < -0.4 is 10.6 Å². The van der Waals surface area contributed by atoms with Crippen molar-refractivity contribution >= 4 is 11.9 Å². The maximum atomic E-state index is 12.8. The predicted octanol–water partition coefficient (Wildman–Crippen LogP) is 0.325. The monoisotopic (exact) mass is 320 g/mol. The molecule has 1 aliphatic heterocycles. The van der Waals surface area contributed by atoms with E-state index in [0.29, 0.717) is 19.4 Å². The van der Waals surface area contributed by atoms with Crippen LogP contribution in [0.4, 0.5) is 0 Å². The Kier molecular flexibility index (Phi) is 4.39. The predicted molar refractivity (Wildman–Crippen MR) is 83.7 cm³/mol. The van der Waals surface area contributed by atoms with Crippen molar-refractivity contribution in [3.05, 3.63) is 18.0 Å². The van der Waals surface area contributed by atoms with Crippen LogP contribution in [0.5, 0.6) is 0 Å². The number of amides is 1. The standard InChI is InChI=1S/C16H24N4O3/c1-20-10-11(7-18-20)12-8-17-9-13(12)14(21)19-16(15(22)23-2)5-3-4-6-16/h7,10,12-13,17H,3-6,8-9H2,1-2H3,(H,19,21)/t12-,13+/m1/s1. The summed E-state index contributed by atoms with van der Waals surface area (Å²) >= 11 is 0. The fraction of sp³-hybridized carbons (Fsp3) is 0.688. The largest absolute Gasteiger partial charge is 0.467 e. The SMILES string of the molecule is COC(=O)C1(NC(=O)[C@H]2CNC[C@@H]2c2cnn(C)c2)CCCC1. The molecule has 7 heteroatoms. The van der Waals surface area contributed by atoms with Gasteiger partial charge in [0.1, 0.15) is 5.54 Å². The number of esters is 1. The summed E-state index contributed by atoms with van der Waals surface area (Å²) < 4.78 is 6.68. The van der Waals surface area contributed by atoms with Crippen molar-refractivity contribution in [2.75, 3.05) is 20.2 Å². The number of carbonyl (C=O) groups is 2. The Morgan fingerprint density at radius 1 is 1.39 bits per heavy atom. The number of methoxy groups -OCH3 is 1. The van der Waals surface area contributed by atoms with Crippen molar-refractivity contribution in [3.8, 4) is 0 Å². The Balaban J connectivity index is 1.75. The lowest BCUT2D eigenvalue weighted by Crippen LogP contribution is -2.55. The summed E-state index contributed by atoms with van der Waals surface area (Å²) in [5.74, 6) is -0.510. The van der Waals surface area contributed by atoms with Gasteiger partial charge in [0.15, 0.2) is 0 Å². The number of hydrogen-bond donors (Lipinski definition) is 2. The molecule has 0 radical (unpaired) electrons. The van der Waals surface area contributed by atoms with Crippen molar-refractivity contribution in [3.63, 3.8) is 0 Å². The topological polar surface area (TPSA) is 85.2 Å². The van der Waals surface area contributed by atoms with Crippen LogP contribution >= 0.6 is 0 Å². The van der Waals surface area contributed by atoms with Crippen molar-refractivity contribution in [2.24, 2.45) is 13.0 Å². The first-order valence-corrected chi connectivity index (χ1v) is 8.15. The van der Waals surface area contributed by atoms with Crippen LogP contribution in [-0.2, 0) is 21.4 Å². The highest BCUT2D eigenvalue weighted by molar-refractivity contribution is 5.90.